The molecule has 0 aliphatic carbocycles. The first kappa shape index (κ1) is 12.8. The number of nitrogens with one attached hydrogen (secondary N) is 1. The molecule has 2 unspecified atom stereocenters. The largest absolute Gasteiger partial charge is 0.313 e. The van der Waals surface area contributed by atoms with E-state index in [1.807, 2.05) is 11.8 Å². The van der Waals surface area contributed by atoms with Gasteiger partial charge in [-0.25, -0.2) is 8.78 Å². The lowest BCUT2D eigenvalue weighted by Gasteiger charge is -2.19. The molecule has 2 atom stereocenters. The summed E-state index contributed by atoms with van der Waals surface area (Å²) in [6, 6.07) is 4.72. The number of thioether (sulfide) groups is 1. The van der Waals surface area contributed by atoms with Crippen molar-refractivity contribution in [1.82, 2.24) is 5.32 Å². The monoisotopic (exact) mass is 257 g/mol. The predicted octanol–water partition coefficient (Wildman–Crippen LogP) is 2.85. The van der Waals surface area contributed by atoms with Gasteiger partial charge in [-0.1, -0.05) is 13.0 Å². The summed E-state index contributed by atoms with van der Waals surface area (Å²) in [6.07, 6.45) is 0.821. The SMILES string of the molecule is CCNC1CSCC1Cc1ccc(F)c(F)c1. The molecule has 1 nitrogen and oxygen atoms in total. The van der Waals surface area contributed by atoms with Crippen LogP contribution < -0.4 is 5.32 Å². The van der Waals surface area contributed by atoms with Crippen molar-refractivity contribution >= 4 is 11.8 Å². The molecule has 1 fully saturated rings. The lowest BCUT2D eigenvalue weighted by Crippen LogP contribution is -2.36. The van der Waals surface area contributed by atoms with Crippen LogP contribution in [0.25, 0.3) is 0 Å². The molecule has 0 bridgehead atoms. The molecule has 1 aliphatic heterocycles. The van der Waals surface area contributed by atoms with E-state index >= 15 is 0 Å². The van der Waals surface area contributed by atoms with Crippen LogP contribution in [0, 0.1) is 17.6 Å². The van der Waals surface area contributed by atoms with Crippen LogP contribution in [0.15, 0.2) is 18.2 Å². The molecule has 2 rings (SSSR count). The first-order valence-electron chi connectivity index (χ1n) is 5.95. The molecule has 0 radical (unpaired) electrons. The number of rotatable bonds is 4. The Balaban J connectivity index is 2.02. The summed E-state index contributed by atoms with van der Waals surface area (Å²) in [7, 11) is 0. The third-order valence-electron chi connectivity index (χ3n) is 3.15. The van der Waals surface area contributed by atoms with Crippen molar-refractivity contribution in [1.29, 1.82) is 0 Å². The molecule has 94 valence electrons. The van der Waals surface area contributed by atoms with Crippen LogP contribution in [0.2, 0.25) is 0 Å². The van der Waals surface area contributed by atoms with Gasteiger partial charge in [-0.05, 0) is 42.3 Å². The molecule has 0 amide bonds. The van der Waals surface area contributed by atoms with Gasteiger partial charge in [-0.3, -0.25) is 0 Å². The Labute approximate surface area is 105 Å². The van der Waals surface area contributed by atoms with Crippen molar-refractivity contribution in [3.8, 4) is 0 Å². The maximum atomic E-state index is 13.1. The summed E-state index contributed by atoms with van der Waals surface area (Å²) in [4.78, 5) is 0. The van der Waals surface area contributed by atoms with Crippen molar-refractivity contribution in [2.45, 2.75) is 19.4 Å². The highest BCUT2D eigenvalue weighted by Gasteiger charge is 2.27. The third-order valence-corrected chi connectivity index (χ3v) is 4.41. The zero-order valence-electron chi connectivity index (χ0n) is 9.88. The summed E-state index contributed by atoms with van der Waals surface area (Å²) < 4.78 is 25.9. The van der Waals surface area contributed by atoms with Crippen molar-refractivity contribution < 1.29 is 8.78 Å². The molecule has 1 aliphatic rings. The van der Waals surface area contributed by atoms with E-state index in [2.05, 4.69) is 12.2 Å². The molecule has 1 aromatic carbocycles. The molecule has 1 N–H and O–H groups in total. The second kappa shape index (κ2) is 5.83. The highest BCUT2D eigenvalue weighted by atomic mass is 32.2. The van der Waals surface area contributed by atoms with E-state index in [-0.39, 0.29) is 0 Å². The van der Waals surface area contributed by atoms with E-state index in [9.17, 15) is 8.78 Å². The van der Waals surface area contributed by atoms with Crippen LogP contribution in [0.1, 0.15) is 12.5 Å². The topological polar surface area (TPSA) is 12.0 Å². The fraction of sp³-hybridized carbons (Fsp3) is 0.538. The maximum Gasteiger partial charge on any atom is 0.159 e. The second-order valence-electron chi connectivity index (χ2n) is 4.41. The normalized spacial score (nSPS) is 24.2. The van der Waals surface area contributed by atoms with Gasteiger partial charge in [-0.2, -0.15) is 11.8 Å². The van der Waals surface area contributed by atoms with E-state index in [0.29, 0.717) is 12.0 Å². The molecular formula is C13H17F2NS. The maximum absolute atomic E-state index is 13.1. The van der Waals surface area contributed by atoms with Gasteiger partial charge in [0.2, 0.25) is 0 Å². The van der Waals surface area contributed by atoms with Crippen molar-refractivity contribution in [3.05, 3.63) is 35.4 Å². The lowest BCUT2D eigenvalue weighted by atomic mass is 9.95. The summed E-state index contributed by atoms with van der Waals surface area (Å²) >= 11 is 1.93. The Morgan fingerprint density at radius 3 is 2.82 bits per heavy atom. The molecule has 0 saturated carbocycles. The van der Waals surface area contributed by atoms with Gasteiger partial charge in [-0.15, -0.1) is 0 Å². The third kappa shape index (κ3) is 3.19. The highest BCUT2D eigenvalue weighted by molar-refractivity contribution is 7.99. The summed E-state index contributed by atoms with van der Waals surface area (Å²) in [5.41, 5.74) is 0.888. The van der Waals surface area contributed by atoms with Crippen LogP contribution in [0.4, 0.5) is 8.78 Å². The zero-order valence-corrected chi connectivity index (χ0v) is 10.7. The second-order valence-corrected chi connectivity index (χ2v) is 5.49. The highest BCUT2D eigenvalue weighted by Crippen LogP contribution is 2.27. The molecule has 17 heavy (non-hydrogen) atoms. The number of halogens is 2. The average Bonchev–Trinajstić information content (AvgIpc) is 2.72. The predicted molar refractivity (Wildman–Crippen MR) is 68.3 cm³/mol. The van der Waals surface area contributed by atoms with Crippen molar-refractivity contribution in [2.24, 2.45) is 5.92 Å². The Bertz CT molecular complexity index is 384. The molecule has 1 saturated heterocycles. The minimum Gasteiger partial charge on any atom is -0.313 e. The average molecular weight is 257 g/mol. The van der Waals surface area contributed by atoms with Crippen LogP contribution in [0.3, 0.4) is 0 Å². The van der Waals surface area contributed by atoms with E-state index in [0.717, 1.165) is 30.0 Å². The van der Waals surface area contributed by atoms with E-state index < -0.39 is 11.6 Å². The standard InChI is InChI=1S/C13H17F2NS/c1-2-16-13-8-17-7-10(13)5-9-3-4-11(14)12(15)6-9/h3-4,6,10,13,16H,2,5,7-8H2,1H3. The Morgan fingerprint density at radius 1 is 1.29 bits per heavy atom. The van der Waals surface area contributed by atoms with Gasteiger partial charge >= 0.3 is 0 Å². The summed E-state index contributed by atoms with van der Waals surface area (Å²) in [6.45, 7) is 3.05. The van der Waals surface area contributed by atoms with Gasteiger partial charge in [0.1, 0.15) is 0 Å². The van der Waals surface area contributed by atoms with E-state index in [4.69, 9.17) is 0 Å². The van der Waals surface area contributed by atoms with Crippen LogP contribution in [-0.4, -0.2) is 24.1 Å². The van der Waals surface area contributed by atoms with Gasteiger partial charge in [0.05, 0.1) is 0 Å². The van der Waals surface area contributed by atoms with Crippen LogP contribution >= 0.6 is 11.8 Å². The fourth-order valence-corrected chi connectivity index (χ4v) is 3.69. The molecule has 4 heteroatoms. The van der Waals surface area contributed by atoms with E-state index in [1.165, 1.54) is 12.1 Å². The fourth-order valence-electron chi connectivity index (χ4n) is 2.26. The van der Waals surface area contributed by atoms with Crippen LogP contribution in [0.5, 0.6) is 0 Å². The first-order valence-corrected chi connectivity index (χ1v) is 7.11. The first-order chi connectivity index (χ1) is 8.20. The quantitative estimate of drug-likeness (QED) is 0.890. The molecule has 0 aromatic heterocycles. The van der Waals surface area contributed by atoms with Crippen molar-refractivity contribution in [3.63, 3.8) is 0 Å². The smallest absolute Gasteiger partial charge is 0.159 e. The number of benzene rings is 1. The minimum atomic E-state index is -0.766. The lowest BCUT2D eigenvalue weighted by molar-refractivity contribution is 0.432. The number of hydrogen-bond acceptors (Lipinski definition) is 2. The van der Waals surface area contributed by atoms with Gasteiger partial charge in [0.25, 0.3) is 0 Å². The molecule has 1 heterocycles. The Morgan fingerprint density at radius 2 is 2.12 bits per heavy atom. The molecular weight excluding hydrogens is 240 g/mol. The molecule has 0 spiro atoms. The van der Waals surface area contributed by atoms with Crippen LogP contribution in [-0.2, 0) is 6.42 Å². The summed E-state index contributed by atoms with van der Waals surface area (Å²) in [5.74, 6) is 1.22. The van der Waals surface area contributed by atoms with Gasteiger partial charge in [0.15, 0.2) is 11.6 Å². The molecule has 1 aromatic rings. The van der Waals surface area contributed by atoms with E-state index in [1.54, 1.807) is 6.07 Å². The Hall–Kier alpha value is -0.610. The summed E-state index contributed by atoms with van der Waals surface area (Å²) in [5, 5.41) is 3.45. The van der Waals surface area contributed by atoms with Crippen molar-refractivity contribution in [2.75, 3.05) is 18.1 Å². The number of hydrogen-bond donors (Lipinski definition) is 1. The zero-order chi connectivity index (χ0) is 12.3. The Kier molecular flexibility index (Phi) is 4.40. The minimum absolute atomic E-state index is 0.498. The van der Waals surface area contributed by atoms with Gasteiger partial charge < -0.3 is 5.32 Å². The van der Waals surface area contributed by atoms with Gasteiger partial charge in [0, 0.05) is 11.8 Å².